The molecule has 0 aliphatic heterocycles. The van der Waals surface area contributed by atoms with E-state index in [0.717, 1.165) is 30.8 Å². The monoisotopic (exact) mass is 262 g/mol. The van der Waals surface area contributed by atoms with Crippen LogP contribution in [0.3, 0.4) is 0 Å². The third-order valence-electron chi connectivity index (χ3n) is 4.54. The molecule has 1 aromatic heterocycles. The van der Waals surface area contributed by atoms with Crippen molar-refractivity contribution in [2.24, 2.45) is 5.41 Å². The second-order valence-electron chi connectivity index (χ2n) is 5.65. The van der Waals surface area contributed by atoms with Gasteiger partial charge in [-0.3, -0.25) is 0 Å². The molecule has 4 nitrogen and oxygen atoms in total. The number of hydrogen-bond donors (Lipinski definition) is 1. The summed E-state index contributed by atoms with van der Waals surface area (Å²) in [6, 6.07) is 0. The highest BCUT2D eigenvalue weighted by atomic mass is 15.2. The van der Waals surface area contributed by atoms with Gasteiger partial charge in [0.1, 0.15) is 0 Å². The van der Waals surface area contributed by atoms with E-state index in [1.54, 1.807) is 0 Å². The van der Waals surface area contributed by atoms with Gasteiger partial charge < -0.3 is 5.32 Å². The van der Waals surface area contributed by atoms with Crippen LogP contribution in [0.5, 0.6) is 0 Å². The first-order valence-electron chi connectivity index (χ1n) is 7.69. The van der Waals surface area contributed by atoms with E-state index in [9.17, 15) is 0 Å². The van der Waals surface area contributed by atoms with Gasteiger partial charge in [-0.25, -0.2) is 4.98 Å². The molecule has 1 saturated carbocycles. The third kappa shape index (κ3) is 3.23. The lowest BCUT2D eigenvalue weighted by molar-refractivity contribution is 0.306. The van der Waals surface area contributed by atoms with Gasteiger partial charge in [0.15, 0.2) is 0 Å². The predicted octanol–water partition coefficient (Wildman–Crippen LogP) is 3.38. The van der Waals surface area contributed by atoms with Crippen LogP contribution < -0.4 is 5.32 Å². The van der Waals surface area contributed by atoms with Crippen molar-refractivity contribution in [2.45, 2.75) is 65.7 Å². The maximum Gasteiger partial charge on any atom is 0.242 e. The summed E-state index contributed by atoms with van der Waals surface area (Å²) < 4.78 is 0. The minimum Gasteiger partial charge on any atom is -0.352 e. The van der Waals surface area contributed by atoms with Gasteiger partial charge in [-0.15, -0.1) is 5.10 Å². The van der Waals surface area contributed by atoms with E-state index >= 15 is 0 Å². The summed E-state index contributed by atoms with van der Waals surface area (Å²) in [7, 11) is 0. The van der Waals surface area contributed by atoms with Crippen molar-refractivity contribution in [3.8, 4) is 0 Å². The van der Waals surface area contributed by atoms with Crippen molar-refractivity contribution >= 4 is 5.95 Å². The zero-order valence-corrected chi connectivity index (χ0v) is 12.5. The van der Waals surface area contributed by atoms with Gasteiger partial charge in [0.05, 0.1) is 11.4 Å². The number of hydrogen-bond acceptors (Lipinski definition) is 4. The predicted molar refractivity (Wildman–Crippen MR) is 78.3 cm³/mol. The zero-order chi connectivity index (χ0) is 13.7. The number of anilines is 1. The first-order chi connectivity index (χ1) is 9.23. The quantitative estimate of drug-likeness (QED) is 0.854. The number of aromatic nitrogens is 3. The van der Waals surface area contributed by atoms with Crippen LogP contribution in [0.4, 0.5) is 5.95 Å². The van der Waals surface area contributed by atoms with Gasteiger partial charge in [-0.1, -0.05) is 33.6 Å². The lowest BCUT2D eigenvalue weighted by Crippen LogP contribution is -2.27. The Morgan fingerprint density at radius 2 is 1.68 bits per heavy atom. The summed E-state index contributed by atoms with van der Waals surface area (Å²) >= 11 is 0. The molecule has 0 saturated heterocycles. The molecule has 0 spiro atoms. The van der Waals surface area contributed by atoms with Gasteiger partial charge in [0.2, 0.25) is 5.95 Å². The van der Waals surface area contributed by atoms with E-state index in [0.29, 0.717) is 11.4 Å². The highest BCUT2D eigenvalue weighted by molar-refractivity contribution is 5.26. The van der Waals surface area contributed by atoms with Gasteiger partial charge in [0, 0.05) is 6.54 Å². The SMILES string of the molecule is CCc1nnc(NCC2(CC)CCCC2)nc1CC. The first kappa shape index (κ1) is 14.2. The molecule has 4 heteroatoms. The second kappa shape index (κ2) is 6.31. The lowest BCUT2D eigenvalue weighted by Gasteiger charge is -2.27. The fourth-order valence-corrected chi connectivity index (χ4v) is 3.06. The first-order valence-corrected chi connectivity index (χ1v) is 7.69. The fraction of sp³-hybridized carbons (Fsp3) is 0.800. The van der Waals surface area contributed by atoms with Crippen molar-refractivity contribution in [1.82, 2.24) is 15.2 Å². The van der Waals surface area contributed by atoms with Crippen molar-refractivity contribution in [1.29, 1.82) is 0 Å². The van der Waals surface area contributed by atoms with Crippen molar-refractivity contribution in [3.05, 3.63) is 11.4 Å². The van der Waals surface area contributed by atoms with Crippen LogP contribution in [-0.2, 0) is 12.8 Å². The third-order valence-corrected chi connectivity index (χ3v) is 4.54. The smallest absolute Gasteiger partial charge is 0.242 e. The van der Waals surface area contributed by atoms with Crippen molar-refractivity contribution in [2.75, 3.05) is 11.9 Å². The van der Waals surface area contributed by atoms with Crippen LogP contribution >= 0.6 is 0 Å². The number of nitrogens with zero attached hydrogens (tertiary/aromatic N) is 3. The molecule has 0 atom stereocenters. The van der Waals surface area contributed by atoms with Gasteiger partial charge in [-0.05, 0) is 37.5 Å². The molecule has 1 aromatic rings. The molecule has 1 aliphatic carbocycles. The summed E-state index contributed by atoms with van der Waals surface area (Å²) in [5.41, 5.74) is 2.56. The fourth-order valence-electron chi connectivity index (χ4n) is 3.06. The molecule has 2 rings (SSSR count). The van der Waals surface area contributed by atoms with E-state index in [-0.39, 0.29) is 0 Å². The summed E-state index contributed by atoms with van der Waals surface area (Å²) in [4.78, 5) is 4.60. The highest BCUT2D eigenvalue weighted by Gasteiger charge is 2.31. The molecule has 19 heavy (non-hydrogen) atoms. The average Bonchev–Trinajstić information content (AvgIpc) is 2.94. The molecule has 1 N–H and O–H groups in total. The molecular formula is C15H26N4. The molecule has 1 aliphatic rings. The Bertz CT molecular complexity index is 411. The van der Waals surface area contributed by atoms with Gasteiger partial charge in [-0.2, -0.15) is 5.10 Å². The highest BCUT2D eigenvalue weighted by Crippen LogP contribution is 2.40. The molecule has 1 fully saturated rings. The molecule has 0 radical (unpaired) electrons. The molecule has 0 aromatic carbocycles. The maximum atomic E-state index is 4.60. The summed E-state index contributed by atoms with van der Waals surface area (Å²) in [6.07, 6.45) is 8.46. The molecule has 0 amide bonds. The zero-order valence-electron chi connectivity index (χ0n) is 12.5. The van der Waals surface area contributed by atoms with E-state index in [4.69, 9.17) is 0 Å². The second-order valence-corrected chi connectivity index (χ2v) is 5.65. The minimum absolute atomic E-state index is 0.458. The number of rotatable bonds is 6. The van der Waals surface area contributed by atoms with E-state index in [1.807, 2.05) is 0 Å². The van der Waals surface area contributed by atoms with Gasteiger partial charge >= 0.3 is 0 Å². The molecular weight excluding hydrogens is 236 g/mol. The van der Waals surface area contributed by atoms with Crippen LogP contribution in [0.25, 0.3) is 0 Å². The summed E-state index contributed by atoms with van der Waals surface area (Å²) in [6.45, 7) is 7.50. The Morgan fingerprint density at radius 1 is 1.00 bits per heavy atom. The molecule has 0 unspecified atom stereocenters. The van der Waals surface area contributed by atoms with Gasteiger partial charge in [0.25, 0.3) is 0 Å². The Kier molecular flexibility index (Phi) is 4.72. The van der Waals surface area contributed by atoms with E-state index in [1.165, 1.54) is 32.1 Å². The van der Waals surface area contributed by atoms with Crippen LogP contribution in [0, 0.1) is 5.41 Å². The van der Waals surface area contributed by atoms with E-state index < -0.39 is 0 Å². The van der Waals surface area contributed by atoms with Crippen molar-refractivity contribution < 1.29 is 0 Å². The Labute approximate surface area is 116 Å². The largest absolute Gasteiger partial charge is 0.352 e. The van der Waals surface area contributed by atoms with Crippen molar-refractivity contribution in [3.63, 3.8) is 0 Å². The normalized spacial score (nSPS) is 17.6. The average molecular weight is 262 g/mol. The number of nitrogens with one attached hydrogen (secondary N) is 1. The van der Waals surface area contributed by atoms with Crippen LogP contribution in [0.2, 0.25) is 0 Å². The maximum absolute atomic E-state index is 4.60. The Morgan fingerprint density at radius 3 is 2.26 bits per heavy atom. The van der Waals surface area contributed by atoms with Crippen LogP contribution in [0.1, 0.15) is 64.3 Å². The molecule has 106 valence electrons. The Hall–Kier alpha value is -1.19. The molecule has 0 bridgehead atoms. The number of aryl methyl sites for hydroxylation is 2. The lowest BCUT2D eigenvalue weighted by atomic mass is 9.83. The minimum atomic E-state index is 0.458. The summed E-state index contributed by atoms with van der Waals surface area (Å²) in [5.74, 6) is 0.703. The van der Waals surface area contributed by atoms with E-state index in [2.05, 4.69) is 41.3 Å². The molecule has 1 heterocycles. The Balaban J connectivity index is 2.03. The summed E-state index contributed by atoms with van der Waals surface area (Å²) in [5, 5.41) is 11.9. The van der Waals surface area contributed by atoms with Crippen LogP contribution in [0.15, 0.2) is 0 Å². The standard InChI is InChI=1S/C15H26N4/c1-4-12-13(5-2)18-19-14(17-12)16-11-15(6-3)9-7-8-10-15/h4-11H2,1-3H3,(H,16,17,19). The van der Waals surface area contributed by atoms with Crippen LogP contribution in [-0.4, -0.2) is 21.7 Å². The topological polar surface area (TPSA) is 50.7 Å².